The molecule has 2 N–H and O–H groups in total. The Morgan fingerprint density at radius 1 is 1.36 bits per heavy atom. The molecular weight excluding hydrogens is 314 g/mol. The lowest BCUT2D eigenvalue weighted by Gasteiger charge is -2.10. The van der Waals surface area contributed by atoms with Gasteiger partial charge in [-0.2, -0.15) is 10.4 Å². The molecule has 0 atom stereocenters. The van der Waals surface area contributed by atoms with Crippen molar-refractivity contribution < 1.29 is 4.79 Å². The van der Waals surface area contributed by atoms with Crippen LogP contribution < -0.4 is 5.32 Å². The summed E-state index contributed by atoms with van der Waals surface area (Å²) in [5.41, 5.74) is 4.55. The summed E-state index contributed by atoms with van der Waals surface area (Å²) in [7, 11) is 0. The Bertz CT molecular complexity index is 928. The second kappa shape index (κ2) is 7.05. The van der Waals surface area contributed by atoms with E-state index in [4.69, 9.17) is 5.26 Å². The van der Waals surface area contributed by atoms with E-state index in [0.29, 0.717) is 16.9 Å². The van der Waals surface area contributed by atoms with Crippen LogP contribution in [-0.4, -0.2) is 20.7 Å². The first-order valence-corrected chi connectivity index (χ1v) is 8.16. The molecule has 3 rings (SSSR count). The number of aromatic nitrogens is 3. The number of aromatic amines is 1. The molecule has 0 aliphatic rings. The summed E-state index contributed by atoms with van der Waals surface area (Å²) < 4.78 is 1.86. The molecule has 25 heavy (non-hydrogen) atoms. The second-order valence-corrected chi connectivity index (χ2v) is 5.87. The molecule has 3 aromatic rings. The van der Waals surface area contributed by atoms with Gasteiger partial charge in [-0.25, -0.2) is 4.68 Å². The molecule has 0 aliphatic heterocycles. The van der Waals surface area contributed by atoms with Gasteiger partial charge in [0.2, 0.25) is 0 Å². The largest absolute Gasteiger partial charge is 0.356 e. The molecular formula is C19H19N5O. The van der Waals surface area contributed by atoms with Crippen LogP contribution in [0.1, 0.15) is 40.7 Å². The van der Waals surface area contributed by atoms with Gasteiger partial charge >= 0.3 is 0 Å². The number of nitrogens with zero attached hydrogens (tertiary/aromatic N) is 3. The Morgan fingerprint density at radius 3 is 2.76 bits per heavy atom. The summed E-state index contributed by atoms with van der Waals surface area (Å²) >= 11 is 0. The SMILES string of the molecule is CCCc1c(NC(=O)c2cc(C#N)c[nH]2)cnn1-c1ccc(C)cc1. The van der Waals surface area contributed by atoms with E-state index in [1.807, 2.05) is 41.9 Å². The highest BCUT2D eigenvalue weighted by atomic mass is 16.1. The molecule has 2 aromatic heterocycles. The number of rotatable bonds is 5. The molecule has 6 heteroatoms. The van der Waals surface area contributed by atoms with Gasteiger partial charge in [0.1, 0.15) is 11.8 Å². The summed E-state index contributed by atoms with van der Waals surface area (Å²) in [6.07, 6.45) is 4.90. The van der Waals surface area contributed by atoms with E-state index in [-0.39, 0.29) is 5.91 Å². The first-order chi connectivity index (χ1) is 12.1. The fraction of sp³-hybridized carbons (Fsp3) is 0.211. The number of carbonyl (C=O) groups is 1. The first-order valence-electron chi connectivity index (χ1n) is 8.16. The number of H-pyrrole nitrogens is 1. The Hall–Kier alpha value is -3.33. The number of hydrogen-bond donors (Lipinski definition) is 2. The minimum absolute atomic E-state index is 0.290. The molecule has 0 aliphatic carbocycles. The van der Waals surface area contributed by atoms with Crippen LogP contribution in [0, 0.1) is 18.3 Å². The monoisotopic (exact) mass is 333 g/mol. The smallest absolute Gasteiger partial charge is 0.272 e. The zero-order chi connectivity index (χ0) is 17.8. The predicted octanol–water partition coefficient (Wildman–Crippen LogP) is 3.59. The zero-order valence-electron chi connectivity index (χ0n) is 14.2. The number of anilines is 1. The molecule has 1 amide bonds. The van der Waals surface area contributed by atoms with Gasteiger partial charge in [0.15, 0.2) is 0 Å². The zero-order valence-corrected chi connectivity index (χ0v) is 14.2. The van der Waals surface area contributed by atoms with Crippen molar-refractivity contribution in [1.82, 2.24) is 14.8 Å². The van der Waals surface area contributed by atoms with Crippen LogP contribution in [0.3, 0.4) is 0 Å². The van der Waals surface area contributed by atoms with E-state index >= 15 is 0 Å². The average molecular weight is 333 g/mol. The maximum Gasteiger partial charge on any atom is 0.272 e. The van der Waals surface area contributed by atoms with Crippen molar-refractivity contribution in [2.75, 3.05) is 5.32 Å². The number of hydrogen-bond acceptors (Lipinski definition) is 3. The molecule has 2 heterocycles. The van der Waals surface area contributed by atoms with Crippen molar-refractivity contribution in [1.29, 1.82) is 5.26 Å². The van der Waals surface area contributed by atoms with Crippen LogP contribution in [0.5, 0.6) is 0 Å². The maximum atomic E-state index is 12.4. The molecule has 0 radical (unpaired) electrons. The number of nitriles is 1. The van der Waals surface area contributed by atoms with Crippen LogP contribution in [0.25, 0.3) is 5.69 Å². The minimum atomic E-state index is -0.290. The lowest BCUT2D eigenvalue weighted by atomic mass is 10.2. The Labute approximate surface area is 146 Å². The van der Waals surface area contributed by atoms with Gasteiger partial charge in [-0.1, -0.05) is 31.0 Å². The average Bonchev–Trinajstić information content (AvgIpc) is 3.24. The van der Waals surface area contributed by atoms with Crippen molar-refractivity contribution in [3.8, 4) is 11.8 Å². The molecule has 0 unspecified atom stereocenters. The van der Waals surface area contributed by atoms with Crippen LogP contribution in [0.4, 0.5) is 5.69 Å². The van der Waals surface area contributed by atoms with Gasteiger partial charge in [-0.05, 0) is 31.5 Å². The fourth-order valence-electron chi connectivity index (χ4n) is 2.64. The van der Waals surface area contributed by atoms with E-state index in [1.54, 1.807) is 6.20 Å². The van der Waals surface area contributed by atoms with Crippen molar-refractivity contribution in [3.05, 3.63) is 65.2 Å². The molecule has 126 valence electrons. The van der Waals surface area contributed by atoms with Gasteiger partial charge in [-0.3, -0.25) is 4.79 Å². The van der Waals surface area contributed by atoms with Crippen LogP contribution in [-0.2, 0) is 6.42 Å². The first kappa shape index (κ1) is 16.5. The molecule has 0 bridgehead atoms. The number of aryl methyl sites for hydroxylation is 1. The van der Waals surface area contributed by atoms with Gasteiger partial charge < -0.3 is 10.3 Å². The quantitative estimate of drug-likeness (QED) is 0.748. The van der Waals surface area contributed by atoms with Crippen molar-refractivity contribution in [2.24, 2.45) is 0 Å². The second-order valence-electron chi connectivity index (χ2n) is 5.87. The highest BCUT2D eigenvalue weighted by Crippen LogP contribution is 2.22. The van der Waals surface area contributed by atoms with Crippen molar-refractivity contribution in [3.63, 3.8) is 0 Å². The minimum Gasteiger partial charge on any atom is -0.356 e. The lowest BCUT2D eigenvalue weighted by Crippen LogP contribution is -2.14. The third-order valence-electron chi connectivity index (χ3n) is 3.94. The highest BCUT2D eigenvalue weighted by molar-refractivity contribution is 6.03. The van der Waals surface area contributed by atoms with E-state index in [9.17, 15) is 4.79 Å². The topological polar surface area (TPSA) is 86.5 Å². The Kier molecular flexibility index (Phi) is 4.66. The number of benzene rings is 1. The van der Waals surface area contributed by atoms with E-state index in [1.165, 1.54) is 17.8 Å². The fourth-order valence-corrected chi connectivity index (χ4v) is 2.64. The normalized spacial score (nSPS) is 10.4. The Morgan fingerprint density at radius 2 is 2.12 bits per heavy atom. The van der Waals surface area contributed by atoms with Crippen molar-refractivity contribution >= 4 is 11.6 Å². The van der Waals surface area contributed by atoms with E-state index in [0.717, 1.165) is 24.2 Å². The lowest BCUT2D eigenvalue weighted by molar-refractivity contribution is 0.102. The number of amides is 1. The van der Waals surface area contributed by atoms with Crippen LogP contribution in [0.2, 0.25) is 0 Å². The maximum absolute atomic E-state index is 12.4. The molecule has 1 aromatic carbocycles. The summed E-state index contributed by atoms with van der Waals surface area (Å²) in [6, 6.07) is 11.6. The van der Waals surface area contributed by atoms with Crippen LogP contribution >= 0.6 is 0 Å². The molecule has 0 fully saturated rings. The van der Waals surface area contributed by atoms with Gasteiger partial charge in [0, 0.05) is 6.20 Å². The van der Waals surface area contributed by atoms with Crippen LogP contribution in [0.15, 0.2) is 42.7 Å². The molecule has 0 saturated carbocycles. The van der Waals surface area contributed by atoms with E-state index < -0.39 is 0 Å². The summed E-state index contributed by atoms with van der Waals surface area (Å²) in [6.45, 7) is 4.12. The molecule has 6 nitrogen and oxygen atoms in total. The van der Waals surface area contributed by atoms with Gasteiger partial charge in [-0.15, -0.1) is 0 Å². The summed E-state index contributed by atoms with van der Waals surface area (Å²) in [5.74, 6) is -0.290. The highest BCUT2D eigenvalue weighted by Gasteiger charge is 2.16. The van der Waals surface area contributed by atoms with E-state index in [2.05, 4.69) is 22.3 Å². The third-order valence-corrected chi connectivity index (χ3v) is 3.94. The predicted molar refractivity (Wildman–Crippen MR) is 95.8 cm³/mol. The number of carbonyl (C=O) groups excluding carboxylic acids is 1. The number of nitrogens with one attached hydrogen (secondary N) is 2. The summed E-state index contributed by atoms with van der Waals surface area (Å²) in [5, 5.41) is 16.2. The van der Waals surface area contributed by atoms with Gasteiger partial charge in [0.05, 0.1) is 28.8 Å². The van der Waals surface area contributed by atoms with Crippen molar-refractivity contribution in [2.45, 2.75) is 26.7 Å². The molecule has 0 saturated heterocycles. The Balaban J connectivity index is 1.90. The molecule has 0 spiro atoms. The van der Waals surface area contributed by atoms with Gasteiger partial charge in [0.25, 0.3) is 5.91 Å². The summed E-state index contributed by atoms with van der Waals surface area (Å²) in [4.78, 5) is 15.2. The standard InChI is InChI=1S/C19H19N5O/c1-3-4-18-17(23-19(25)16-9-14(10-20)11-21-16)12-22-24(18)15-7-5-13(2)6-8-15/h5-9,11-12,21H,3-4H2,1-2H3,(H,23,25). The third kappa shape index (κ3) is 3.45.